The van der Waals surface area contributed by atoms with Crippen LogP contribution in [0, 0.1) is 13.8 Å². The number of rotatable bonds is 11. The largest absolute Gasteiger partial charge is 0.491 e. The van der Waals surface area contributed by atoms with Gasteiger partial charge in [0.1, 0.15) is 12.4 Å². The third-order valence-corrected chi connectivity index (χ3v) is 5.73. The average Bonchev–Trinajstić information content (AvgIpc) is 3.28. The van der Waals surface area contributed by atoms with Crippen LogP contribution in [0.4, 0.5) is 0 Å². The van der Waals surface area contributed by atoms with E-state index >= 15 is 0 Å². The number of hydroxylamine groups is 1. The minimum Gasteiger partial charge on any atom is -0.491 e. The third-order valence-electron chi connectivity index (χ3n) is 4.71. The molecule has 0 radical (unpaired) electrons. The van der Waals surface area contributed by atoms with Crippen LogP contribution in [-0.2, 0) is 17.8 Å². The molecule has 150 valence electrons. The predicted octanol–water partition coefficient (Wildman–Crippen LogP) is 5.39. The van der Waals surface area contributed by atoms with E-state index in [1.807, 2.05) is 24.3 Å². The smallest absolute Gasteiger partial charge is 0.122 e. The van der Waals surface area contributed by atoms with Gasteiger partial charge in [-0.2, -0.15) is 0 Å². The maximum absolute atomic E-state index is 6.17. The van der Waals surface area contributed by atoms with Gasteiger partial charge in [-0.3, -0.25) is 0 Å². The van der Waals surface area contributed by atoms with E-state index in [1.165, 1.54) is 26.7 Å². The molecule has 3 aromatic rings. The van der Waals surface area contributed by atoms with Gasteiger partial charge in [0.2, 0.25) is 0 Å². The first-order chi connectivity index (χ1) is 13.7. The van der Waals surface area contributed by atoms with Gasteiger partial charge in [-0.15, -0.1) is 11.3 Å². The summed E-state index contributed by atoms with van der Waals surface area (Å²) in [6.45, 7) is 9.31. The lowest BCUT2D eigenvalue weighted by atomic mass is 10.1. The van der Waals surface area contributed by atoms with Crippen LogP contribution >= 0.6 is 11.3 Å². The SMILES string of the molecule is CCONCCCc1ccccc1OCCn1c(C)ccc1-c1ccc(C)s1. The fourth-order valence-electron chi connectivity index (χ4n) is 3.28. The highest BCUT2D eigenvalue weighted by atomic mass is 32.1. The Kier molecular flexibility index (Phi) is 7.71. The third kappa shape index (κ3) is 5.47. The van der Waals surface area contributed by atoms with Crippen LogP contribution < -0.4 is 10.2 Å². The van der Waals surface area contributed by atoms with E-state index in [-0.39, 0.29) is 0 Å². The number of nitrogens with one attached hydrogen (secondary N) is 1. The van der Waals surface area contributed by atoms with E-state index in [4.69, 9.17) is 9.57 Å². The number of hydrogen-bond acceptors (Lipinski definition) is 4. The van der Waals surface area contributed by atoms with Gasteiger partial charge in [-0.25, -0.2) is 5.48 Å². The van der Waals surface area contributed by atoms with Gasteiger partial charge in [0.05, 0.1) is 23.7 Å². The summed E-state index contributed by atoms with van der Waals surface area (Å²) in [5.41, 5.74) is 6.76. The molecule has 2 aromatic heterocycles. The molecule has 0 fully saturated rings. The summed E-state index contributed by atoms with van der Waals surface area (Å²) in [4.78, 5) is 7.84. The zero-order valence-electron chi connectivity index (χ0n) is 17.0. The zero-order chi connectivity index (χ0) is 19.8. The van der Waals surface area contributed by atoms with Crippen molar-refractivity contribution in [1.29, 1.82) is 0 Å². The minimum atomic E-state index is 0.654. The normalized spacial score (nSPS) is 11.1. The summed E-state index contributed by atoms with van der Waals surface area (Å²) in [5.74, 6) is 0.984. The highest BCUT2D eigenvalue weighted by Gasteiger charge is 2.10. The van der Waals surface area contributed by atoms with Gasteiger partial charge < -0.3 is 14.1 Å². The summed E-state index contributed by atoms with van der Waals surface area (Å²) in [6, 6.07) is 17.1. The summed E-state index contributed by atoms with van der Waals surface area (Å²) in [5, 5.41) is 0. The van der Waals surface area contributed by atoms with E-state index in [2.05, 4.69) is 66.4 Å². The quantitative estimate of drug-likeness (QED) is 0.348. The van der Waals surface area contributed by atoms with Crippen molar-refractivity contribution in [1.82, 2.24) is 10.0 Å². The van der Waals surface area contributed by atoms with Crippen LogP contribution in [0.5, 0.6) is 5.75 Å². The molecular formula is C23H30N2O2S. The molecule has 0 bridgehead atoms. The van der Waals surface area contributed by atoms with Crippen molar-refractivity contribution in [2.75, 3.05) is 19.8 Å². The lowest BCUT2D eigenvalue weighted by molar-refractivity contribution is 0.0505. The molecule has 0 saturated carbocycles. The first kappa shape index (κ1) is 20.6. The molecule has 1 aromatic carbocycles. The first-order valence-corrected chi connectivity index (χ1v) is 10.8. The number of aromatic nitrogens is 1. The molecule has 3 rings (SSSR count). The first-order valence-electron chi connectivity index (χ1n) is 9.97. The van der Waals surface area contributed by atoms with Gasteiger partial charge in [-0.1, -0.05) is 18.2 Å². The number of nitrogens with zero attached hydrogens (tertiary/aromatic N) is 1. The van der Waals surface area contributed by atoms with Crippen LogP contribution in [0.3, 0.4) is 0 Å². The molecule has 0 amide bonds. The van der Waals surface area contributed by atoms with Crippen molar-refractivity contribution in [3.63, 3.8) is 0 Å². The van der Waals surface area contributed by atoms with Crippen molar-refractivity contribution in [3.05, 3.63) is 64.7 Å². The lowest BCUT2D eigenvalue weighted by Gasteiger charge is -2.14. The van der Waals surface area contributed by atoms with Crippen molar-refractivity contribution < 1.29 is 9.57 Å². The molecule has 0 aliphatic carbocycles. The second-order valence-electron chi connectivity index (χ2n) is 6.81. The Morgan fingerprint density at radius 2 is 1.89 bits per heavy atom. The lowest BCUT2D eigenvalue weighted by Crippen LogP contribution is -2.16. The Labute approximate surface area is 172 Å². The predicted molar refractivity (Wildman–Crippen MR) is 117 cm³/mol. The molecule has 0 saturated heterocycles. The highest BCUT2D eigenvalue weighted by Crippen LogP contribution is 2.29. The van der Waals surface area contributed by atoms with Crippen LogP contribution in [0.1, 0.15) is 29.5 Å². The minimum absolute atomic E-state index is 0.654. The molecule has 0 aliphatic heterocycles. The molecule has 1 N–H and O–H groups in total. The Bertz CT molecular complexity index is 869. The van der Waals surface area contributed by atoms with E-state index in [0.717, 1.165) is 31.7 Å². The van der Waals surface area contributed by atoms with Crippen molar-refractivity contribution in [2.45, 2.75) is 40.2 Å². The Morgan fingerprint density at radius 3 is 2.68 bits per heavy atom. The standard InChI is InChI=1S/C23H30N2O2S/c1-4-27-24-15-7-9-20-8-5-6-10-22(20)26-17-16-25-18(2)11-13-21(25)23-14-12-19(3)28-23/h5-6,8,10-14,24H,4,7,9,15-17H2,1-3H3. The highest BCUT2D eigenvalue weighted by molar-refractivity contribution is 7.15. The number of thiophene rings is 1. The van der Waals surface area contributed by atoms with Gasteiger partial charge in [0, 0.05) is 17.1 Å². The maximum Gasteiger partial charge on any atom is 0.122 e. The number of ether oxygens (including phenoxy) is 1. The summed E-state index contributed by atoms with van der Waals surface area (Å²) in [6.07, 6.45) is 1.98. The topological polar surface area (TPSA) is 35.4 Å². The summed E-state index contributed by atoms with van der Waals surface area (Å²) >= 11 is 1.84. The molecular weight excluding hydrogens is 368 g/mol. The fraction of sp³-hybridized carbons (Fsp3) is 0.391. The molecule has 0 aliphatic rings. The van der Waals surface area contributed by atoms with Crippen molar-refractivity contribution in [2.24, 2.45) is 0 Å². The van der Waals surface area contributed by atoms with E-state index in [0.29, 0.717) is 13.2 Å². The van der Waals surface area contributed by atoms with E-state index in [1.54, 1.807) is 0 Å². The van der Waals surface area contributed by atoms with Crippen LogP contribution in [0.15, 0.2) is 48.5 Å². The molecule has 0 atom stereocenters. The van der Waals surface area contributed by atoms with E-state index in [9.17, 15) is 0 Å². The monoisotopic (exact) mass is 398 g/mol. The van der Waals surface area contributed by atoms with Crippen LogP contribution in [0.25, 0.3) is 10.6 Å². The zero-order valence-corrected chi connectivity index (χ0v) is 17.8. The molecule has 2 heterocycles. The number of benzene rings is 1. The number of aryl methyl sites for hydroxylation is 3. The second kappa shape index (κ2) is 10.5. The average molecular weight is 399 g/mol. The fourth-order valence-corrected chi connectivity index (χ4v) is 4.18. The Balaban J connectivity index is 1.58. The van der Waals surface area contributed by atoms with E-state index < -0.39 is 0 Å². The molecule has 0 unspecified atom stereocenters. The van der Waals surface area contributed by atoms with Gasteiger partial charge in [0.25, 0.3) is 0 Å². The number of para-hydroxylation sites is 1. The Hall–Kier alpha value is -2.08. The number of hydrogen-bond donors (Lipinski definition) is 1. The molecule has 5 heteroatoms. The molecule has 28 heavy (non-hydrogen) atoms. The van der Waals surface area contributed by atoms with Gasteiger partial charge in [0.15, 0.2) is 0 Å². The van der Waals surface area contributed by atoms with Gasteiger partial charge in [-0.05, 0) is 69.5 Å². The van der Waals surface area contributed by atoms with Crippen molar-refractivity contribution in [3.8, 4) is 16.3 Å². The summed E-state index contributed by atoms with van der Waals surface area (Å²) in [7, 11) is 0. The van der Waals surface area contributed by atoms with Gasteiger partial charge >= 0.3 is 0 Å². The van der Waals surface area contributed by atoms with Crippen LogP contribution in [-0.4, -0.2) is 24.3 Å². The van der Waals surface area contributed by atoms with Crippen molar-refractivity contribution >= 4 is 11.3 Å². The van der Waals surface area contributed by atoms with Crippen LogP contribution in [0.2, 0.25) is 0 Å². The maximum atomic E-state index is 6.17. The molecule has 4 nitrogen and oxygen atoms in total. The molecule has 0 spiro atoms. The summed E-state index contributed by atoms with van der Waals surface area (Å²) < 4.78 is 8.52. The Morgan fingerprint density at radius 1 is 1.04 bits per heavy atom. The second-order valence-corrected chi connectivity index (χ2v) is 8.10.